The van der Waals surface area contributed by atoms with Crippen LogP contribution in [0.25, 0.3) is 0 Å². The van der Waals surface area contributed by atoms with Crippen molar-refractivity contribution in [2.75, 3.05) is 0 Å². The van der Waals surface area contributed by atoms with E-state index >= 15 is 0 Å². The average molecular weight is 241 g/mol. The third kappa shape index (κ3) is 2.49. The lowest BCUT2D eigenvalue weighted by Gasteiger charge is -2.26. The van der Waals surface area contributed by atoms with Crippen molar-refractivity contribution in [3.63, 3.8) is 0 Å². The number of urea groups is 1. The van der Waals surface area contributed by atoms with Gasteiger partial charge in [-0.05, 0) is 11.1 Å². The molecule has 0 bridgehead atoms. The molecule has 4 N–H and O–H groups in total. The number of amides is 2. The maximum Gasteiger partial charge on any atom is 0.329 e. The molecule has 0 atom stereocenters. The highest BCUT2D eigenvalue weighted by Crippen LogP contribution is 2.25. The van der Waals surface area contributed by atoms with E-state index in [4.69, 9.17) is 11.6 Å². The molecule has 4 heteroatoms. The molecule has 0 radical (unpaired) electrons. The average Bonchev–Trinajstić information content (AvgIpc) is 2.41. The minimum absolute atomic E-state index is 0.370. The molecule has 2 aromatic carbocycles. The normalized spacial score (nSPS) is 10.3. The Morgan fingerprint density at radius 3 is 1.61 bits per heavy atom. The molecule has 0 saturated heterocycles. The first-order valence-corrected chi connectivity index (χ1v) is 5.63. The molecule has 0 fully saturated rings. The number of carbonyl (C=O) groups excluding carboxylic acids is 1. The summed E-state index contributed by atoms with van der Waals surface area (Å²) < 4.78 is 0. The van der Waals surface area contributed by atoms with Crippen LogP contribution in [0.1, 0.15) is 17.2 Å². The van der Waals surface area contributed by atoms with E-state index in [1.807, 2.05) is 60.7 Å². The first-order valence-electron chi connectivity index (χ1n) is 5.63. The van der Waals surface area contributed by atoms with Gasteiger partial charge in [-0.15, -0.1) is 0 Å². The van der Waals surface area contributed by atoms with Crippen molar-refractivity contribution in [2.24, 2.45) is 11.6 Å². The smallest absolute Gasteiger partial charge is 0.329 e. The van der Waals surface area contributed by atoms with Crippen LogP contribution in [0.2, 0.25) is 0 Å². The van der Waals surface area contributed by atoms with Crippen LogP contribution in [0, 0.1) is 0 Å². The summed E-state index contributed by atoms with van der Waals surface area (Å²) in [5.41, 5.74) is 7.12. The molecular weight excluding hydrogens is 226 g/mol. The Morgan fingerprint density at radius 2 is 1.28 bits per heavy atom. The summed E-state index contributed by atoms with van der Waals surface area (Å²) >= 11 is 0. The van der Waals surface area contributed by atoms with Gasteiger partial charge in [-0.25, -0.2) is 10.6 Å². The van der Waals surface area contributed by atoms with Gasteiger partial charge in [0.25, 0.3) is 0 Å². The number of carbonyl (C=O) groups is 1. The molecule has 2 amide bonds. The number of nitrogens with zero attached hydrogens (tertiary/aromatic N) is 1. The van der Waals surface area contributed by atoms with Crippen molar-refractivity contribution < 1.29 is 4.79 Å². The fourth-order valence-corrected chi connectivity index (χ4v) is 1.91. The molecule has 0 saturated carbocycles. The van der Waals surface area contributed by atoms with Gasteiger partial charge in [0.05, 0.1) is 6.04 Å². The van der Waals surface area contributed by atoms with Gasteiger partial charge < -0.3 is 5.73 Å². The highest BCUT2D eigenvalue weighted by Gasteiger charge is 2.22. The quantitative estimate of drug-likeness (QED) is 0.490. The van der Waals surface area contributed by atoms with Crippen molar-refractivity contribution in [1.82, 2.24) is 5.01 Å². The van der Waals surface area contributed by atoms with Gasteiger partial charge in [-0.3, -0.25) is 5.01 Å². The lowest BCUT2D eigenvalue weighted by atomic mass is 9.98. The Bertz CT molecular complexity index is 474. The monoisotopic (exact) mass is 241 g/mol. The zero-order valence-corrected chi connectivity index (χ0v) is 9.86. The molecule has 2 aromatic rings. The third-order valence-corrected chi connectivity index (χ3v) is 2.76. The number of hydrogen-bond donors (Lipinski definition) is 2. The number of benzene rings is 2. The van der Waals surface area contributed by atoms with E-state index in [-0.39, 0.29) is 6.04 Å². The van der Waals surface area contributed by atoms with Crippen LogP contribution >= 0.6 is 0 Å². The number of hydrazine groups is 1. The van der Waals surface area contributed by atoms with Crippen LogP contribution in [0.4, 0.5) is 4.79 Å². The van der Waals surface area contributed by atoms with Gasteiger partial charge >= 0.3 is 6.03 Å². The Labute approximate surface area is 106 Å². The fourth-order valence-electron chi connectivity index (χ4n) is 1.91. The summed E-state index contributed by atoms with van der Waals surface area (Å²) in [6.45, 7) is 0. The van der Waals surface area contributed by atoms with Gasteiger partial charge in [0.15, 0.2) is 0 Å². The van der Waals surface area contributed by atoms with Crippen molar-refractivity contribution in [1.29, 1.82) is 0 Å². The Hall–Kier alpha value is -2.33. The topological polar surface area (TPSA) is 72.4 Å². The van der Waals surface area contributed by atoms with Crippen LogP contribution in [-0.4, -0.2) is 11.0 Å². The maximum absolute atomic E-state index is 11.3. The van der Waals surface area contributed by atoms with E-state index in [0.29, 0.717) is 0 Å². The highest BCUT2D eigenvalue weighted by molar-refractivity contribution is 5.72. The van der Waals surface area contributed by atoms with Crippen LogP contribution in [-0.2, 0) is 0 Å². The lowest BCUT2D eigenvalue weighted by Crippen LogP contribution is -2.44. The van der Waals surface area contributed by atoms with E-state index in [9.17, 15) is 4.79 Å². The summed E-state index contributed by atoms with van der Waals surface area (Å²) in [5, 5.41) is 1.05. The minimum atomic E-state index is -0.660. The van der Waals surface area contributed by atoms with Gasteiger partial charge in [0.1, 0.15) is 0 Å². The van der Waals surface area contributed by atoms with Gasteiger partial charge in [0.2, 0.25) is 0 Å². The minimum Gasteiger partial charge on any atom is -0.350 e. The molecule has 0 aliphatic heterocycles. The molecule has 92 valence electrons. The molecule has 0 aromatic heterocycles. The largest absolute Gasteiger partial charge is 0.350 e. The van der Waals surface area contributed by atoms with Crippen LogP contribution in [0.3, 0.4) is 0 Å². The SMILES string of the molecule is NC(=O)N(N)C(c1ccccc1)c1ccccc1. The standard InChI is InChI=1S/C14H15N3O/c15-14(18)17(16)13(11-7-3-1-4-8-11)12-9-5-2-6-10-12/h1-10,13H,16H2,(H2,15,18). The third-order valence-electron chi connectivity index (χ3n) is 2.76. The molecule has 18 heavy (non-hydrogen) atoms. The number of nitrogens with two attached hydrogens (primary N) is 2. The van der Waals surface area contributed by atoms with E-state index in [1.54, 1.807) is 0 Å². The Morgan fingerprint density at radius 1 is 0.889 bits per heavy atom. The summed E-state index contributed by atoms with van der Waals surface area (Å²) in [5.74, 6) is 5.78. The predicted molar refractivity (Wildman–Crippen MR) is 70.3 cm³/mol. The van der Waals surface area contributed by atoms with E-state index in [1.165, 1.54) is 0 Å². The molecular formula is C14H15N3O. The molecule has 2 rings (SSSR count). The van der Waals surface area contributed by atoms with Gasteiger partial charge in [0, 0.05) is 0 Å². The number of primary amides is 1. The molecule has 4 nitrogen and oxygen atoms in total. The van der Waals surface area contributed by atoms with Crippen LogP contribution in [0.15, 0.2) is 60.7 Å². The zero-order chi connectivity index (χ0) is 13.0. The molecule has 0 heterocycles. The number of hydrogen-bond acceptors (Lipinski definition) is 2. The maximum atomic E-state index is 11.3. The lowest BCUT2D eigenvalue weighted by molar-refractivity contribution is 0.195. The Balaban J connectivity index is 2.45. The zero-order valence-electron chi connectivity index (χ0n) is 9.86. The van der Waals surface area contributed by atoms with E-state index in [2.05, 4.69) is 0 Å². The van der Waals surface area contributed by atoms with Crippen molar-refractivity contribution >= 4 is 6.03 Å². The van der Waals surface area contributed by atoms with Crippen LogP contribution < -0.4 is 11.6 Å². The summed E-state index contributed by atoms with van der Waals surface area (Å²) in [6.07, 6.45) is 0. The summed E-state index contributed by atoms with van der Waals surface area (Å²) in [4.78, 5) is 11.3. The molecule has 0 spiro atoms. The molecule has 0 unspecified atom stereocenters. The second-order valence-corrected chi connectivity index (χ2v) is 3.97. The first kappa shape index (κ1) is 12.1. The van der Waals surface area contributed by atoms with Crippen molar-refractivity contribution in [2.45, 2.75) is 6.04 Å². The number of rotatable bonds is 3. The van der Waals surface area contributed by atoms with Gasteiger partial charge in [-0.2, -0.15) is 0 Å². The fraction of sp³-hybridized carbons (Fsp3) is 0.0714. The second-order valence-electron chi connectivity index (χ2n) is 3.97. The molecule has 0 aliphatic rings. The Kier molecular flexibility index (Phi) is 3.60. The summed E-state index contributed by atoms with van der Waals surface area (Å²) in [6, 6.07) is 18.1. The molecule has 0 aliphatic carbocycles. The van der Waals surface area contributed by atoms with E-state index in [0.717, 1.165) is 16.1 Å². The van der Waals surface area contributed by atoms with Crippen molar-refractivity contribution in [3.05, 3.63) is 71.8 Å². The summed E-state index contributed by atoms with van der Waals surface area (Å²) in [7, 11) is 0. The van der Waals surface area contributed by atoms with Crippen LogP contribution in [0.5, 0.6) is 0 Å². The second kappa shape index (κ2) is 5.33. The van der Waals surface area contributed by atoms with Gasteiger partial charge in [-0.1, -0.05) is 60.7 Å². The first-order chi connectivity index (χ1) is 8.70. The van der Waals surface area contributed by atoms with E-state index < -0.39 is 6.03 Å². The predicted octanol–water partition coefficient (Wildman–Crippen LogP) is 2.03. The van der Waals surface area contributed by atoms with Crippen molar-refractivity contribution in [3.8, 4) is 0 Å². The highest BCUT2D eigenvalue weighted by atomic mass is 16.2.